The van der Waals surface area contributed by atoms with E-state index < -0.39 is 0 Å². The van der Waals surface area contributed by atoms with E-state index in [-0.39, 0.29) is 16.8 Å². The third kappa shape index (κ3) is 2.24. The van der Waals surface area contributed by atoms with E-state index in [0.717, 1.165) is 41.6 Å². The van der Waals surface area contributed by atoms with E-state index in [1.54, 1.807) is 11.3 Å². The van der Waals surface area contributed by atoms with Gasteiger partial charge in [0.15, 0.2) is 0 Å². The Morgan fingerprint density at radius 2 is 2.25 bits per heavy atom. The highest BCUT2D eigenvalue weighted by molar-refractivity contribution is 7.20. The Bertz CT molecular complexity index is 759. The van der Waals surface area contributed by atoms with E-state index >= 15 is 0 Å². The number of nitrogens with zero attached hydrogens (tertiary/aromatic N) is 4. The number of esters is 1. The minimum atomic E-state index is -0.334. The van der Waals surface area contributed by atoms with E-state index in [0.29, 0.717) is 12.5 Å². The summed E-state index contributed by atoms with van der Waals surface area (Å²) in [5.41, 5.74) is 0.740. The summed E-state index contributed by atoms with van der Waals surface area (Å²) in [6.07, 6.45) is 5.16. The number of fused-ring (bicyclic) bond motifs is 2. The molecule has 0 amide bonds. The fourth-order valence-corrected chi connectivity index (χ4v) is 5.04. The molecule has 2 aromatic rings. The van der Waals surface area contributed by atoms with Gasteiger partial charge in [0, 0.05) is 18.5 Å². The third-order valence-electron chi connectivity index (χ3n) is 5.53. The van der Waals surface area contributed by atoms with Crippen LogP contribution in [0.5, 0.6) is 0 Å². The highest BCUT2D eigenvalue weighted by Crippen LogP contribution is 2.50. The quantitative estimate of drug-likeness (QED) is 0.781. The number of carbonyl (C=O) groups excluding carboxylic acids is 1. The molecule has 2 aromatic heterocycles. The second kappa shape index (κ2) is 5.18. The van der Waals surface area contributed by atoms with Gasteiger partial charge >= 0.3 is 5.97 Å². The Kier molecular flexibility index (Phi) is 3.43. The lowest BCUT2D eigenvalue weighted by atomic mass is 9.81. The van der Waals surface area contributed by atoms with Crippen molar-refractivity contribution in [2.45, 2.75) is 45.4 Å². The second-order valence-electron chi connectivity index (χ2n) is 8.11. The second-order valence-corrected chi connectivity index (χ2v) is 9.04. The third-order valence-corrected chi connectivity index (χ3v) is 6.52. The molecule has 2 atom stereocenters. The topological polar surface area (TPSA) is 59.7 Å². The number of hydrogen-bond donors (Lipinski definition) is 0. The lowest BCUT2D eigenvalue weighted by molar-refractivity contribution is -0.152. The SMILES string of the molecule is COC(=O)C12CCCC1CN(c1nn3cc(C(C)(C)C)nc3s1)C2. The summed E-state index contributed by atoms with van der Waals surface area (Å²) in [6, 6.07) is 0. The molecule has 24 heavy (non-hydrogen) atoms. The van der Waals surface area contributed by atoms with E-state index in [1.807, 2.05) is 10.7 Å². The predicted molar refractivity (Wildman–Crippen MR) is 93.6 cm³/mol. The van der Waals surface area contributed by atoms with Gasteiger partial charge in [0.1, 0.15) is 0 Å². The molecule has 2 aliphatic rings. The van der Waals surface area contributed by atoms with Gasteiger partial charge in [-0.15, -0.1) is 5.10 Å². The standard InChI is InChI=1S/C17H24N4O2S/c1-16(2,3)12-9-21-14(18-12)24-15(19-21)20-8-11-6-5-7-17(11,10-20)13(22)23-4/h9,11H,5-8,10H2,1-4H3. The molecule has 0 bridgehead atoms. The van der Waals surface area contributed by atoms with Crippen LogP contribution < -0.4 is 4.90 Å². The number of aromatic nitrogens is 3. The number of anilines is 1. The number of rotatable bonds is 2. The number of methoxy groups -OCH3 is 1. The minimum Gasteiger partial charge on any atom is -0.469 e. The van der Waals surface area contributed by atoms with Gasteiger partial charge in [0.25, 0.3) is 0 Å². The normalized spacial score (nSPS) is 27.0. The van der Waals surface area contributed by atoms with Gasteiger partial charge in [0.05, 0.1) is 24.4 Å². The van der Waals surface area contributed by atoms with Crippen molar-refractivity contribution < 1.29 is 9.53 Å². The molecular weight excluding hydrogens is 324 g/mol. The molecule has 2 unspecified atom stereocenters. The molecular formula is C17H24N4O2S. The summed E-state index contributed by atoms with van der Waals surface area (Å²) >= 11 is 1.60. The van der Waals surface area contributed by atoms with Crippen LogP contribution in [-0.2, 0) is 14.9 Å². The number of carbonyl (C=O) groups is 1. The van der Waals surface area contributed by atoms with Crippen molar-refractivity contribution in [1.82, 2.24) is 14.6 Å². The van der Waals surface area contributed by atoms with Crippen LogP contribution in [0.25, 0.3) is 4.96 Å². The van der Waals surface area contributed by atoms with Crippen LogP contribution in [0.15, 0.2) is 6.20 Å². The molecule has 1 saturated carbocycles. The first-order valence-corrected chi connectivity index (χ1v) is 9.35. The average Bonchev–Trinajstić information content (AvgIpc) is 3.21. The molecule has 0 aromatic carbocycles. The summed E-state index contributed by atoms with van der Waals surface area (Å²) in [4.78, 5) is 20.3. The Balaban J connectivity index is 1.62. The molecule has 7 heteroatoms. The Morgan fingerprint density at radius 1 is 1.46 bits per heavy atom. The van der Waals surface area contributed by atoms with Crippen molar-refractivity contribution in [2.24, 2.45) is 11.3 Å². The molecule has 1 aliphatic heterocycles. The Hall–Kier alpha value is -1.63. The lowest BCUT2D eigenvalue weighted by Crippen LogP contribution is -2.36. The minimum absolute atomic E-state index is 0.0210. The fraction of sp³-hybridized carbons (Fsp3) is 0.706. The highest BCUT2D eigenvalue weighted by atomic mass is 32.1. The summed E-state index contributed by atoms with van der Waals surface area (Å²) in [5, 5.41) is 5.67. The van der Waals surface area contributed by atoms with Gasteiger partial charge < -0.3 is 9.64 Å². The van der Waals surface area contributed by atoms with E-state index in [1.165, 1.54) is 7.11 Å². The molecule has 6 nitrogen and oxygen atoms in total. The van der Waals surface area contributed by atoms with Crippen molar-refractivity contribution in [1.29, 1.82) is 0 Å². The zero-order valence-corrected chi connectivity index (χ0v) is 15.5. The first kappa shape index (κ1) is 15.9. The fourth-order valence-electron chi connectivity index (χ4n) is 4.15. The van der Waals surface area contributed by atoms with Gasteiger partial charge in [-0.2, -0.15) is 0 Å². The molecule has 0 radical (unpaired) electrons. The van der Waals surface area contributed by atoms with Crippen LogP contribution >= 0.6 is 11.3 Å². The van der Waals surface area contributed by atoms with E-state index in [9.17, 15) is 4.79 Å². The maximum atomic E-state index is 12.4. The maximum absolute atomic E-state index is 12.4. The summed E-state index contributed by atoms with van der Waals surface area (Å²) in [7, 11) is 1.50. The molecule has 130 valence electrons. The largest absolute Gasteiger partial charge is 0.469 e. The van der Waals surface area contributed by atoms with Crippen LogP contribution in [0.3, 0.4) is 0 Å². The molecule has 3 heterocycles. The first-order chi connectivity index (χ1) is 11.3. The molecule has 0 spiro atoms. The van der Waals surface area contributed by atoms with Gasteiger partial charge in [-0.1, -0.05) is 38.5 Å². The Morgan fingerprint density at radius 3 is 2.92 bits per heavy atom. The average molecular weight is 348 g/mol. The van der Waals surface area contributed by atoms with Gasteiger partial charge in [-0.3, -0.25) is 4.79 Å². The van der Waals surface area contributed by atoms with Gasteiger partial charge in [-0.25, -0.2) is 9.50 Å². The molecule has 2 fully saturated rings. The highest BCUT2D eigenvalue weighted by Gasteiger charge is 2.56. The maximum Gasteiger partial charge on any atom is 0.313 e. The summed E-state index contributed by atoms with van der Waals surface area (Å²) < 4.78 is 6.99. The summed E-state index contributed by atoms with van der Waals surface area (Å²) in [6.45, 7) is 8.07. The summed E-state index contributed by atoms with van der Waals surface area (Å²) in [5.74, 6) is 0.329. The Labute approximate surface area is 145 Å². The first-order valence-electron chi connectivity index (χ1n) is 8.53. The predicted octanol–water partition coefficient (Wildman–Crippen LogP) is 2.87. The van der Waals surface area contributed by atoms with Crippen molar-refractivity contribution >= 4 is 27.4 Å². The van der Waals surface area contributed by atoms with Gasteiger partial charge in [0.2, 0.25) is 10.1 Å². The van der Waals surface area contributed by atoms with Crippen molar-refractivity contribution in [2.75, 3.05) is 25.1 Å². The van der Waals surface area contributed by atoms with Crippen LogP contribution in [0.2, 0.25) is 0 Å². The van der Waals surface area contributed by atoms with Crippen LogP contribution in [0.4, 0.5) is 5.13 Å². The van der Waals surface area contributed by atoms with Crippen LogP contribution in [-0.4, -0.2) is 40.8 Å². The molecule has 4 rings (SSSR count). The van der Waals surface area contributed by atoms with Crippen molar-refractivity contribution in [3.63, 3.8) is 0 Å². The van der Waals surface area contributed by atoms with Crippen LogP contribution in [0, 0.1) is 11.3 Å². The van der Waals surface area contributed by atoms with E-state index in [2.05, 4.69) is 25.7 Å². The zero-order valence-electron chi connectivity index (χ0n) is 14.7. The smallest absolute Gasteiger partial charge is 0.313 e. The van der Waals surface area contributed by atoms with Gasteiger partial charge in [-0.05, 0) is 18.8 Å². The number of imidazole rings is 1. The van der Waals surface area contributed by atoms with Crippen LogP contribution in [0.1, 0.15) is 45.7 Å². The monoisotopic (exact) mass is 348 g/mol. The van der Waals surface area contributed by atoms with Crippen molar-refractivity contribution in [3.8, 4) is 0 Å². The molecule has 1 saturated heterocycles. The van der Waals surface area contributed by atoms with Crippen molar-refractivity contribution in [3.05, 3.63) is 11.9 Å². The lowest BCUT2D eigenvalue weighted by Gasteiger charge is -2.25. The van der Waals surface area contributed by atoms with E-state index in [4.69, 9.17) is 14.8 Å². The number of ether oxygens (including phenoxy) is 1. The molecule has 0 N–H and O–H groups in total. The number of hydrogen-bond acceptors (Lipinski definition) is 6. The molecule has 1 aliphatic carbocycles. The zero-order chi connectivity index (χ0) is 17.1.